The number of morpholine rings is 1. The van der Waals surface area contributed by atoms with Crippen LogP contribution in [0.3, 0.4) is 0 Å². The van der Waals surface area contributed by atoms with E-state index in [9.17, 15) is 0 Å². The van der Waals surface area contributed by atoms with E-state index in [-0.39, 0.29) is 0 Å². The molecule has 2 N–H and O–H groups in total. The summed E-state index contributed by atoms with van der Waals surface area (Å²) >= 11 is 5.34. The number of nitrogens with one attached hydrogen (secondary N) is 2. The highest BCUT2D eigenvalue weighted by molar-refractivity contribution is 7.80. The molecule has 4 unspecified atom stereocenters. The lowest BCUT2D eigenvalue weighted by molar-refractivity contribution is -0.0287. The average Bonchev–Trinajstić information content (AvgIpc) is 2.62. The van der Waals surface area contributed by atoms with Gasteiger partial charge in [0.15, 0.2) is 5.11 Å². The number of hydrogen-bond donors (Lipinski definition) is 2. The van der Waals surface area contributed by atoms with Crippen LogP contribution >= 0.6 is 12.2 Å². The van der Waals surface area contributed by atoms with Crippen LogP contribution in [0.15, 0.2) is 0 Å². The highest BCUT2D eigenvalue weighted by Crippen LogP contribution is 2.36. The van der Waals surface area contributed by atoms with E-state index in [1.807, 2.05) is 0 Å². The third-order valence-electron chi connectivity index (χ3n) is 5.70. The molecule has 0 radical (unpaired) electrons. The zero-order valence-electron chi connectivity index (χ0n) is 14.8. The van der Waals surface area contributed by atoms with Crippen LogP contribution in [0, 0.1) is 11.8 Å². The van der Waals surface area contributed by atoms with Crippen molar-refractivity contribution in [1.29, 1.82) is 0 Å². The minimum Gasteiger partial charge on any atom is -0.383 e. The van der Waals surface area contributed by atoms with Crippen LogP contribution in [0.25, 0.3) is 0 Å². The lowest BCUT2D eigenvalue weighted by atomic mass is 9.75. The lowest BCUT2D eigenvalue weighted by Crippen LogP contribution is -2.59. The first-order chi connectivity index (χ1) is 11.8. The molecule has 24 heavy (non-hydrogen) atoms. The van der Waals surface area contributed by atoms with E-state index in [2.05, 4.69) is 20.4 Å². The Morgan fingerprint density at radius 3 is 2.79 bits per heavy atom. The molecule has 4 aliphatic heterocycles. The molecule has 0 saturated carbocycles. The second-order valence-corrected chi connectivity index (χ2v) is 7.64. The zero-order valence-corrected chi connectivity index (χ0v) is 15.7. The number of thiocarbonyl (C=S) groups is 1. The van der Waals surface area contributed by atoms with Crippen molar-refractivity contribution in [2.24, 2.45) is 11.8 Å². The topological polar surface area (TPSA) is 49.0 Å². The maximum absolute atomic E-state index is 5.47. The Kier molecular flexibility index (Phi) is 7.09. The van der Waals surface area contributed by atoms with Crippen LogP contribution < -0.4 is 10.6 Å². The standard InChI is InChI=1S/C17H32N4O2S/c1-22-7-3-18-17(24)19-11-16-10-14-2-4-21(16)13-15(14)12-20-5-8-23-9-6-20/h14-16H,2-13H2,1H3,(H2,18,19,24). The summed E-state index contributed by atoms with van der Waals surface area (Å²) in [5, 5.41) is 7.33. The minimum absolute atomic E-state index is 0.631. The second-order valence-electron chi connectivity index (χ2n) is 7.24. The van der Waals surface area contributed by atoms with Gasteiger partial charge >= 0.3 is 0 Å². The summed E-state index contributed by atoms with van der Waals surface area (Å²) in [6.45, 7) is 10.2. The Hall–Kier alpha value is -0.470. The largest absolute Gasteiger partial charge is 0.383 e. The molecule has 138 valence electrons. The Morgan fingerprint density at radius 2 is 2.08 bits per heavy atom. The van der Waals surface area contributed by atoms with Crippen molar-refractivity contribution >= 4 is 17.3 Å². The van der Waals surface area contributed by atoms with Gasteiger partial charge in [-0.3, -0.25) is 9.80 Å². The summed E-state index contributed by atoms with van der Waals surface area (Å²) in [5.41, 5.74) is 0. The van der Waals surface area contributed by atoms with Crippen LogP contribution in [0.2, 0.25) is 0 Å². The number of piperidine rings is 3. The van der Waals surface area contributed by atoms with E-state index in [1.165, 1.54) is 32.5 Å². The lowest BCUT2D eigenvalue weighted by Gasteiger charge is -2.51. The Labute approximate surface area is 151 Å². The number of rotatable bonds is 7. The van der Waals surface area contributed by atoms with Gasteiger partial charge in [-0.2, -0.15) is 0 Å². The van der Waals surface area contributed by atoms with Crippen LogP contribution in [-0.4, -0.2) is 93.7 Å². The fraction of sp³-hybridized carbons (Fsp3) is 0.941. The molecule has 4 atom stereocenters. The molecule has 4 heterocycles. The van der Waals surface area contributed by atoms with Gasteiger partial charge < -0.3 is 20.1 Å². The van der Waals surface area contributed by atoms with Gasteiger partial charge in [0.2, 0.25) is 0 Å². The first-order valence-electron chi connectivity index (χ1n) is 9.31. The second kappa shape index (κ2) is 9.29. The normalized spacial score (nSPS) is 33.4. The number of fused-ring (bicyclic) bond motifs is 3. The molecule has 4 aliphatic rings. The van der Waals surface area contributed by atoms with Gasteiger partial charge in [0.05, 0.1) is 19.8 Å². The molecule has 4 fully saturated rings. The van der Waals surface area contributed by atoms with Gasteiger partial charge in [0.25, 0.3) is 0 Å². The van der Waals surface area contributed by atoms with Crippen LogP contribution in [0.1, 0.15) is 12.8 Å². The number of ether oxygens (including phenoxy) is 2. The predicted molar refractivity (Wildman–Crippen MR) is 99.3 cm³/mol. The predicted octanol–water partition coefficient (Wildman–Crippen LogP) is 0.140. The summed E-state index contributed by atoms with van der Waals surface area (Å²) in [4.78, 5) is 5.27. The summed E-state index contributed by atoms with van der Waals surface area (Å²) in [7, 11) is 1.71. The fourth-order valence-electron chi connectivity index (χ4n) is 4.32. The average molecular weight is 357 g/mol. The Bertz CT molecular complexity index is 406. The maximum atomic E-state index is 5.47. The van der Waals surface area contributed by atoms with Crippen LogP contribution in [0.5, 0.6) is 0 Å². The molecule has 0 aromatic rings. The molecule has 6 nitrogen and oxygen atoms in total. The van der Waals surface area contributed by atoms with E-state index in [0.717, 1.165) is 56.3 Å². The summed E-state index contributed by atoms with van der Waals surface area (Å²) in [6, 6.07) is 0.631. The van der Waals surface area contributed by atoms with Gasteiger partial charge in [0.1, 0.15) is 0 Å². The summed E-state index contributed by atoms with van der Waals surface area (Å²) in [6.07, 6.45) is 2.67. The smallest absolute Gasteiger partial charge is 0.166 e. The Morgan fingerprint density at radius 1 is 1.25 bits per heavy atom. The molecule has 7 heteroatoms. The molecule has 4 rings (SSSR count). The van der Waals surface area contributed by atoms with Crippen molar-refractivity contribution in [3.8, 4) is 0 Å². The maximum Gasteiger partial charge on any atom is 0.166 e. The van der Waals surface area contributed by atoms with Crippen molar-refractivity contribution in [3.63, 3.8) is 0 Å². The van der Waals surface area contributed by atoms with Crippen LogP contribution in [0.4, 0.5) is 0 Å². The molecular formula is C17H32N4O2S. The van der Waals surface area contributed by atoms with Crippen molar-refractivity contribution in [2.75, 3.05) is 72.7 Å². The van der Waals surface area contributed by atoms with Crippen LogP contribution in [-0.2, 0) is 9.47 Å². The third-order valence-corrected chi connectivity index (χ3v) is 5.99. The van der Waals surface area contributed by atoms with Crippen molar-refractivity contribution < 1.29 is 9.47 Å². The Balaban J connectivity index is 1.39. The summed E-state index contributed by atoms with van der Waals surface area (Å²) in [5.74, 6) is 1.71. The SMILES string of the molecule is COCCNC(=S)NCC1CC2CCN1CC2CN1CCOCC1. The molecule has 0 aromatic carbocycles. The van der Waals surface area contributed by atoms with Gasteiger partial charge in [0, 0.05) is 52.4 Å². The van der Waals surface area contributed by atoms with E-state index < -0.39 is 0 Å². The van der Waals surface area contributed by atoms with Gasteiger partial charge in [-0.1, -0.05) is 0 Å². The summed E-state index contributed by atoms with van der Waals surface area (Å²) < 4.78 is 10.5. The van der Waals surface area contributed by atoms with E-state index in [4.69, 9.17) is 21.7 Å². The third kappa shape index (κ3) is 5.02. The molecule has 4 saturated heterocycles. The molecular weight excluding hydrogens is 324 g/mol. The number of nitrogens with zero attached hydrogens (tertiary/aromatic N) is 2. The highest BCUT2D eigenvalue weighted by Gasteiger charge is 2.40. The molecule has 0 amide bonds. The monoisotopic (exact) mass is 356 g/mol. The van der Waals surface area contributed by atoms with E-state index in [1.54, 1.807) is 7.11 Å². The zero-order chi connectivity index (χ0) is 16.8. The number of hydrogen-bond acceptors (Lipinski definition) is 5. The fourth-order valence-corrected chi connectivity index (χ4v) is 4.51. The molecule has 0 aromatic heterocycles. The molecule has 2 bridgehead atoms. The van der Waals surface area contributed by atoms with Gasteiger partial charge in [-0.25, -0.2) is 0 Å². The van der Waals surface area contributed by atoms with Crippen molar-refractivity contribution in [2.45, 2.75) is 18.9 Å². The quantitative estimate of drug-likeness (QED) is 0.497. The van der Waals surface area contributed by atoms with E-state index in [0.29, 0.717) is 12.6 Å². The van der Waals surface area contributed by atoms with Crippen molar-refractivity contribution in [3.05, 3.63) is 0 Å². The highest BCUT2D eigenvalue weighted by atomic mass is 32.1. The first-order valence-corrected chi connectivity index (χ1v) is 9.72. The first kappa shape index (κ1) is 18.3. The minimum atomic E-state index is 0.631. The molecule has 0 aliphatic carbocycles. The van der Waals surface area contributed by atoms with Gasteiger partial charge in [-0.15, -0.1) is 0 Å². The molecule has 0 spiro atoms. The van der Waals surface area contributed by atoms with Crippen molar-refractivity contribution in [1.82, 2.24) is 20.4 Å². The van der Waals surface area contributed by atoms with Gasteiger partial charge in [-0.05, 0) is 43.4 Å². The van der Waals surface area contributed by atoms with E-state index >= 15 is 0 Å². The number of methoxy groups -OCH3 is 1.